The first-order valence-electron chi connectivity index (χ1n) is 6.50. The third kappa shape index (κ3) is 1.37. The first-order chi connectivity index (χ1) is 6.97. The molecule has 0 N–H and O–H groups in total. The van der Waals surface area contributed by atoms with Crippen molar-refractivity contribution in [2.75, 3.05) is 0 Å². The van der Waals surface area contributed by atoms with Crippen molar-refractivity contribution < 1.29 is 4.79 Å². The molecular weight excluding hydrogens is 200 g/mol. The van der Waals surface area contributed by atoms with Gasteiger partial charge in [-0.3, -0.25) is 4.79 Å². The van der Waals surface area contributed by atoms with Crippen LogP contribution in [0.1, 0.15) is 25.7 Å². The van der Waals surface area contributed by atoms with Gasteiger partial charge in [-0.25, -0.2) is 0 Å². The van der Waals surface area contributed by atoms with Crippen LogP contribution in [0.15, 0.2) is 0 Å². The Kier molecular flexibility index (Phi) is 1.99. The maximum Gasteiger partial charge on any atom is 0.139 e. The Morgan fingerprint density at radius 2 is 1.80 bits per heavy atom. The maximum absolute atomic E-state index is 12.3. The minimum absolute atomic E-state index is 0.486. The predicted molar refractivity (Wildman–Crippen MR) is 64.5 cm³/mol. The van der Waals surface area contributed by atoms with Gasteiger partial charge in [0.25, 0.3) is 0 Å². The SMILES string of the molecule is C[Si](C)(C)C1C2CC3CC(C2)C(=O)C1C3. The summed E-state index contributed by atoms with van der Waals surface area (Å²) in [4.78, 5) is 12.3. The van der Waals surface area contributed by atoms with Crippen LogP contribution in [0.2, 0.25) is 25.2 Å². The van der Waals surface area contributed by atoms with Crippen LogP contribution in [-0.2, 0) is 4.79 Å². The van der Waals surface area contributed by atoms with Gasteiger partial charge < -0.3 is 0 Å². The van der Waals surface area contributed by atoms with Crippen LogP contribution in [0.5, 0.6) is 0 Å². The van der Waals surface area contributed by atoms with Gasteiger partial charge in [0, 0.05) is 19.9 Å². The van der Waals surface area contributed by atoms with Gasteiger partial charge in [-0.2, -0.15) is 0 Å². The smallest absolute Gasteiger partial charge is 0.139 e. The van der Waals surface area contributed by atoms with Gasteiger partial charge in [-0.05, 0) is 43.1 Å². The van der Waals surface area contributed by atoms with Crippen LogP contribution in [0.25, 0.3) is 0 Å². The van der Waals surface area contributed by atoms with Crippen LogP contribution >= 0.6 is 0 Å². The molecule has 0 spiro atoms. The summed E-state index contributed by atoms with van der Waals surface area (Å²) in [5.41, 5.74) is 0.817. The van der Waals surface area contributed by atoms with E-state index in [0.29, 0.717) is 17.6 Å². The zero-order valence-corrected chi connectivity index (χ0v) is 11.1. The fourth-order valence-corrected chi connectivity index (χ4v) is 8.14. The van der Waals surface area contributed by atoms with Crippen molar-refractivity contribution in [1.82, 2.24) is 0 Å². The van der Waals surface area contributed by atoms with Gasteiger partial charge in [0.15, 0.2) is 0 Å². The van der Waals surface area contributed by atoms with E-state index < -0.39 is 8.07 Å². The van der Waals surface area contributed by atoms with E-state index in [0.717, 1.165) is 17.4 Å². The molecule has 15 heavy (non-hydrogen) atoms. The summed E-state index contributed by atoms with van der Waals surface area (Å²) in [5, 5.41) is 0. The number of hydrogen-bond donors (Lipinski definition) is 0. The third-order valence-corrected chi connectivity index (χ3v) is 8.01. The van der Waals surface area contributed by atoms with Gasteiger partial charge in [-0.15, -0.1) is 0 Å². The van der Waals surface area contributed by atoms with Crippen molar-refractivity contribution >= 4 is 13.9 Å². The van der Waals surface area contributed by atoms with E-state index >= 15 is 0 Å². The second-order valence-corrected chi connectivity index (χ2v) is 12.6. The molecule has 0 heterocycles. The highest BCUT2D eigenvalue weighted by atomic mass is 28.3. The lowest BCUT2D eigenvalue weighted by Gasteiger charge is -2.56. The Bertz CT molecular complexity index is 304. The van der Waals surface area contributed by atoms with E-state index in [-0.39, 0.29) is 0 Å². The molecule has 1 nitrogen and oxygen atoms in total. The quantitative estimate of drug-likeness (QED) is 0.622. The molecule has 0 aromatic carbocycles. The Morgan fingerprint density at radius 1 is 1.07 bits per heavy atom. The van der Waals surface area contributed by atoms with Gasteiger partial charge in [0.05, 0.1) is 0 Å². The minimum Gasteiger partial charge on any atom is -0.299 e. The first-order valence-corrected chi connectivity index (χ1v) is 10.1. The number of ketones is 1. The molecule has 2 heteroatoms. The standard InChI is InChI=1S/C13H22OSi/c1-15(2,3)13-10-5-8-4-9(7-10)12(14)11(13)6-8/h8-11,13H,4-7H2,1-3H3. The predicted octanol–water partition coefficient (Wildman–Crippen LogP) is 3.33. The fraction of sp³-hybridized carbons (Fsp3) is 0.923. The van der Waals surface area contributed by atoms with Crippen molar-refractivity contribution in [2.45, 2.75) is 50.9 Å². The molecule has 4 fully saturated rings. The lowest BCUT2D eigenvalue weighted by Crippen LogP contribution is -2.54. The molecule has 0 aliphatic heterocycles. The summed E-state index contributed by atoms with van der Waals surface area (Å²) in [5.74, 6) is 3.49. The Labute approximate surface area is 93.6 Å². The van der Waals surface area contributed by atoms with Crippen LogP contribution in [0.3, 0.4) is 0 Å². The van der Waals surface area contributed by atoms with E-state index in [2.05, 4.69) is 19.6 Å². The zero-order valence-electron chi connectivity index (χ0n) is 10.1. The lowest BCUT2D eigenvalue weighted by atomic mass is 9.55. The molecule has 5 unspecified atom stereocenters. The monoisotopic (exact) mass is 222 g/mol. The average Bonchev–Trinajstić information content (AvgIpc) is 2.10. The molecule has 4 saturated carbocycles. The number of carbonyl (C=O) groups is 1. The normalized spacial score (nSPS) is 48.7. The second kappa shape index (κ2) is 2.97. The van der Waals surface area contributed by atoms with E-state index in [4.69, 9.17) is 0 Å². The molecule has 0 saturated heterocycles. The third-order valence-electron chi connectivity index (χ3n) is 5.14. The molecule has 0 aromatic rings. The number of hydrogen-bond acceptors (Lipinski definition) is 1. The minimum atomic E-state index is -1.12. The van der Waals surface area contributed by atoms with Crippen LogP contribution < -0.4 is 0 Å². The summed E-state index contributed by atoms with van der Waals surface area (Å²) in [6, 6.07) is 0. The Balaban J connectivity index is 1.96. The van der Waals surface area contributed by atoms with Crippen molar-refractivity contribution in [3.63, 3.8) is 0 Å². The summed E-state index contributed by atoms with van der Waals surface area (Å²) in [6.07, 6.45) is 5.20. The van der Waals surface area contributed by atoms with E-state index in [1.165, 1.54) is 25.7 Å². The largest absolute Gasteiger partial charge is 0.299 e. The number of Topliss-reactive ketones (excluding diaryl/α,β-unsaturated/α-hetero) is 1. The first kappa shape index (κ1) is 10.1. The van der Waals surface area contributed by atoms with Gasteiger partial charge >= 0.3 is 0 Å². The lowest BCUT2D eigenvalue weighted by molar-refractivity contribution is -0.140. The van der Waals surface area contributed by atoms with E-state index in [1.807, 2.05) is 0 Å². The summed E-state index contributed by atoms with van der Waals surface area (Å²) in [6.45, 7) is 7.40. The molecule has 0 radical (unpaired) electrons. The summed E-state index contributed by atoms with van der Waals surface area (Å²) < 4.78 is 0. The van der Waals surface area contributed by atoms with Crippen LogP contribution in [0, 0.1) is 23.7 Å². The van der Waals surface area contributed by atoms with Gasteiger partial charge in [0.1, 0.15) is 5.78 Å². The van der Waals surface area contributed by atoms with Crippen molar-refractivity contribution in [1.29, 1.82) is 0 Å². The van der Waals surface area contributed by atoms with Crippen molar-refractivity contribution in [3.05, 3.63) is 0 Å². The van der Waals surface area contributed by atoms with Crippen LogP contribution in [-0.4, -0.2) is 13.9 Å². The highest BCUT2D eigenvalue weighted by Crippen LogP contribution is 2.60. The molecule has 5 atom stereocenters. The molecule has 4 aliphatic carbocycles. The van der Waals surface area contributed by atoms with Gasteiger partial charge in [0.2, 0.25) is 0 Å². The van der Waals surface area contributed by atoms with Crippen molar-refractivity contribution in [3.8, 4) is 0 Å². The van der Waals surface area contributed by atoms with Crippen molar-refractivity contribution in [2.24, 2.45) is 23.7 Å². The second-order valence-electron chi connectivity index (χ2n) is 7.17. The number of rotatable bonds is 1. The zero-order chi connectivity index (χ0) is 10.8. The molecular formula is C13H22OSi. The highest BCUT2D eigenvalue weighted by Gasteiger charge is 2.56. The fourth-order valence-electron chi connectivity index (χ4n) is 4.94. The molecule has 0 aromatic heterocycles. The average molecular weight is 222 g/mol. The topological polar surface area (TPSA) is 17.1 Å². The Morgan fingerprint density at radius 3 is 2.47 bits per heavy atom. The van der Waals surface area contributed by atoms with E-state index in [1.54, 1.807) is 0 Å². The number of carbonyl (C=O) groups excluding carboxylic acids is 1. The van der Waals surface area contributed by atoms with E-state index in [9.17, 15) is 4.79 Å². The molecule has 4 bridgehead atoms. The molecule has 84 valence electrons. The summed E-state index contributed by atoms with van der Waals surface area (Å²) >= 11 is 0. The Hall–Kier alpha value is -0.113. The molecule has 0 amide bonds. The van der Waals surface area contributed by atoms with Crippen LogP contribution in [0.4, 0.5) is 0 Å². The summed E-state index contributed by atoms with van der Waals surface area (Å²) in [7, 11) is -1.12. The van der Waals surface area contributed by atoms with Gasteiger partial charge in [-0.1, -0.05) is 19.6 Å². The molecule has 4 aliphatic rings. The maximum atomic E-state index is 12.3. The molecule has 4 rings (SSSR count). The highest BCUT2D eigenvalue weighted by molar-refractivity contribution is 6.78.